The highest BCUT2D eigenvalue weighted by Gasteiger charge is 2.22. The highest BCUT2D eigenvalue weighted by Crippen LogP contribution is 2.27. The lowest BCUT2D eigenvalue weighted by Gasteiger charge is -2.28. The maximum atomic E-state index is 12.7. The number of carbonyl (C=O) groups excluding carboxylic acids is 1. The van der Waals surface area contributed by atoms with E-state index in [0.29, 0.717) is 11.3 Å². The lowest BCUT2D eigenvalue weighted by molar-refractivity contribution is -0.0721. The molecule has 2 saturated heterocycles. The van der Waals surface area contributed by atoms with E-state index in [1.165, 1.54) is 19.3 Å². The number of hydroxylamine groups is 2. The van der Waals surface area contributed by atoms with Gasteiger partial charge in [-0.25, -0.2) is 0 Å². The Bertz CT molecular complexity index is 535. The van der Waals surface area contributed by atoms with Gasteiger partial charge in [0.15, 0.2) is 5.75 Å². The number of rotatable bonds is 4. The summed E-state index contributed by atoms with van der Waals surface area (Å²) in [7, 11) is 1.60. The van der Waals surface area contributed by atoms with Crippen molar-refractivity contribution in [3.8, 4) is 11.5 Å². The quantitative estimate of drug-likeness (QED) is 0.856. The van der Waals surface area contributed by atoms with Gasteiger partial charge in [-0.1, -0.05) is 6.42 Å². The smallest absolute Gasteiger partial charge is 0.257 e. The van der Waals surface area contributed by atoms with E-state index in [4.69, 9.17) is 9.57 Å². The molecule has 2 aliphatic heterocycles. The molecule has 0 saturated carbocycles. The third-order valence-corrected chi connectivity index (χ3v) is 4.45. The van der Waals surface area contributed by atoms with Crippen LogP contribution >= 0.6 is 0 Å². The molecule has 0 spiro atoms. The SMILES string of the molecule is COc1cc(ON2CCCCC2)ccc1C(=O)N1CC[CH]CC1. The van der Waals surface area contributed by atoms with Gasteiger partial charge in [0.2, 0.25) is 0 Å². The van der Waals surface area contributed by atoms with Crippen LogP contribution in [-0.4, -0.2) is 49.2 Å². The Morgan fingerprint density at radius 1 is 1.04 bits per heavy atom. The monoisotopic (exact) mass is 317 g/mol. The van der Waals surface area contributed by atoms with Gasteiger partial charge < -0.3 is 14.5 Å². The molecule has 1 radical (unpaired) electrons. The van der Waals surface area contributed by atoms with Gasteiger partial charge in [-0.15, -0.1) is 5.06 Å². The molecule has 5 heteroatoms. The average Bonchev–Trinajstić information content (AvgIpc) is 2.62. The van der Waals surface area contributed by atoms with Gasteiger partial charge in [0.1, 0.15) is 5.75 Å². The summed E-state index contributed by atoms with van der Waals surface area (Å²) in [5, 5.41) is 1.99. The van der Waals surface area contributed by atoms with E-state index in [9.17, 15) is 4.79 Å². The topological polar surface area (TPSA) is 42.0 Å². The van der Waals surface area contributed by atoms with E-state index in [2.05, 4.69) is 6.42 Å². The fourth-order valence-corrected chi connectivity index (χ4v) is 3.13. The first kappa shape index (κ1) is 16.1. The Labute approximate surface area is 138 Å². The van der Waals surface area contributed by atoms with Crippen LogP contribution in [0.2, 0.25) is 0 Å². The highest BCUT2D eigenvalue weighted by atomic mass is 16.7. The van der Waals surface area contributed by atoms with Crippen molar-refractivity contribution in [1.82, 2.24) is 9.96 Å². The molecule has 23 heavy (non-hydrogen) atoms. The number of amides is 1. The molecule has 0 aliphatic carbocycles. The number of ether oxygens (including phenoxy) is 1. The van der Waals surface area contributed by atoms with Crippen molar-refractivity contribution in [1.29, 1.82) is 0 Å². The Balaban J connectivity index is 1.72. The van der Waals surface area contributed by atoms with Gasteiger partial charge in [0, 0.05) is 32.2 Å². The first-order chi connectivity index (χ1) is 11.3. The lowest BCUT2D eigenvalue weighted by atomic mass is 10.1. The zero-order chi connectivity index (χ0) is 16.1. The van der Waals surface area contributed by atoms with Crippen LogP contribution < -0.4 is 9.57 Å². The third kappa shape index (κ3) is 3.96. The molecule has 5 nitrogen and oxygen atoms in total. The fourth-order valence-electron chi connectivity index (χ4n) is 3.13. The second kappa shape index (κ2) is 7.68. The van der Waals surface area contributed by atoms with Crippen molar-refractivity contribution in [2.45, 2.75) is 32.1 Å². The van der Waals surface area contributed by atoms with Crippen LogP contribution in [0.1, 0.15) is 42.5 Å². The molecular formula is C18H25N2O3. The minimum Gasteiger partial charge on any atom is -0.496 e. The number of likely N-dealkylation sites (tertiary alicyclic amines) is 1. The summed E-state index contributed by atoms with van der Waals surface area (Å²) in [6, 6.07) is 5.50. The minimum atomic E-state index is 0.0412. The maximum absolute atomic E-state index is 12.7. The van der Waals surface area contributed by atoms with Crippen molar-refractivity contribution >= 4 is 5.91 Å². The molecule has 1 aromatic carbocycles. The van der Waals surface area contributed by atoms with E-state index in [1.807, 2.05) is 28.2 Å². The number of methoxy groups -OCH3 is 1. The van der Waals surface area contributed by atoms with Crippen molar-refractivity contribution in [2.24, 2.45) is 0 Å². The van der Waals surface area contributed by atoms with Crippen LogP contribution in [0.4, 0.5) is 0 Å². The number of piperidine rings is 2. The van der Waals surface area contributed by atoms with Crippen LogP contribution in [0.3, 0.4) is 0 Å². The van der Waals surface area contributed by atoms with Crippen LogP contribution in [0.25, 0.3) is 0 Å². The molecule has 1 amide bonds. The molecule has 0 atom stereocenters. The summed E-state index contributed by atoms with van der Waals surface area (Å²) in [4.78, 5) is 20.5. The molecule has 2 fully saturated rings. The number of carbonyl (C=O) groups is 1. The normalized spacial score (nSPS) is 19.4. The molecule has 1 aromatic rings. The summed E-state index contributed by atoms with van der Waals surface area (Å²) < 4.78 is 5.43. The molecule has 2 aliphatic rings. The summed E-state index contributed by atoms with van der Waals surface area (Å²) in [6.45, 7) is 3.47. The van der Waals surface area contributed by atoms with Gasteiger partial charge in [0.05, 0.1) is 12.7 Å². The van der Waals surface area contributed by atoms with Crippen molar-refractivity contribution in [2.75, 3.05) is 33.3 Å². The number of benzene rings is 1. The van der Waals surface area contributed by atoms with Gasteiger partial charge in [-0.3, -0.25) is 4.79 Å². The molecular weight excluding hydrogens is 292 g/mol. The second-order valence-electron chi connectivity index (χ2n) is 6.10. The number of hydrogen-bond acceptors (Lipinski definition) is 4. The number of nitrogens with zero attached hydrogens (tertiary/aromatic N) is 2. The van der Waals surface area contributed by atoms with Crippen LogP contribution in [0.15, 0.2) is 18.2 Å². The van der Waals surface area contributed by atoms with Crippen molar-refractivity contribution in [3.05, 3.63) is 30.2 Å². The lowest BCUT2D eigenvalue weighted by Crippen LogP contribution is -2.36. The molecule has 0 N–H and O–H groups in total. The van der Waals surface area contributed by atoms with Crippen LogP contribution in [0.5, 0.6) is 11.5 Å². The molecule has 2 heterocycles. The van der Waals surface area contributed by atoms with Gasteiger partial charge in [-0.05, 0) is 44.2 Å². The molecule has 125 valence electrons. The van der Waals surface area contributed by atoms with E-state index in [0.717, 1.165) is 44.8 Å². The summed E-state index contributed by atoms with van der Waals surface area (Å²) in [5.74, 6) is 1.35. The van der Waals surface area contributed by atoms with Gasteiger partial charge in [0.25, 0.3) is 5.91 Å². The fraction of sp³-hybridized carbons (Fsp3) is 0.556. The predicted octanol–water partition coefficient (Wildman–Crippen LogP) is 2.92. The third-order valence-electron chi connectivity index (χ3n) is 4.45. The molecule has 3 rings (SSSR count). The van der Waals surface area contributed by atoms with Gasteiger partial charge in [-0.2, -0.15) is 0 Å². The standard InChI is InChI=1S/C18H25N2O3/c1-22-17-14-15(23-20-12-6-3-7-13-20)8-9-16(17)18(21)19-10-4-2-5-11-19/h2,8-9,14H,3-7,10-13H2,1H3. The molecule has 0 aromatic heterocycles. The number of hydrogen-bond donors (Lipinski definition) is 0. The van der Waals surface area contributed by atoms with Crippen LogP contribution in [-0.2, 0) is 0 Å². The molecule has 0 bridgehead atoms. The van der Waals surface area contributed by atoms with E-state index >= 15 is 0 Å². The van der Waals surface area contributed by atoms with E-state index < -0.39 is 0 Å². The largest absolute Gasteiger partial charge is 0.496 e. The first-order valence-electron chi connectivity index (χ1n) is 8.50. The van der Waals surface area contributed by atoms with Gasteiger partial charge >= 0.3 is 0 Å². The Morgan fingerprint density at radius 2 is 1.78 bits per heavy atom. The van der Waals surface area contributed by atoms with E-state index in [-0.39, 0.29) is 5.91 Å². The summed E-state index contributed by atoms with van der Waals surface area (Å²) >= 11 is 0. The van der Waals surface area contributed by atoms with Crippen molar-refractivity contribution in [3.63, 3.8) is 0 Å². The van der Waals surface area contributed by atoms with Crippen molar-refractivity contribution < 1.29 is 14.4 Å². The Morgan fingerprint density at radius 3 is 2.48 bits per heavy atom. The Kier molecular flexibility index (Phi) is 5.39. The maximum Gasteiger partial charge on any atom is 0.257 e. The minimum absolute atomic E-state index is 0.0412. The average molecular weight is 317 g/mol. The van der Waals surface area contributed by atoms with Crippen LogP contribution in [0, 0.1) is 6.42 Å². The van der Waals surface area contributed by atoms with E-state index in [1.54, 1.807) is 7.11 Å². The first-order valence-corrected chi connectivity index (χ1v) is 8.50. The molecule has 0 unspecified atom stereocenters. The summed E-state index contributed by atoms with van der Waals surface area (Å²) in [6.07, 6.45) is 7.76. The predicted molar refractivity (Wildman–Crippen MR) is 88.5 cm³/mol. The second-order valence-corrected chi connectivity index (χ2v) is 6.10. The zero-order valence-corrected chi connectivity index (χ0v) is 13.8. The Hall–Kier alpha value is -1.75. The zero-order valence-electron chi connectivity index (χ0n) is 13.8. The summed E-state index contributed by atoms with van der Waals surface area (Å²) in [5.41, 5.74) is 0.611. The highest BCUT2D eigenvalue weighted by molar-refractivity contribution is 5.97.